The Morgan fingerprint density at radius 3 is 2.56 bits per heavy atom. The van der Waals surface area contributed by atoms with Crippen molar-refractivity contribution in [3.05, 3.63) is 23.8 Å². The van der Waals surface area contributed by atoms with E-state index in [1.807, 2.05) is 0 Å². The second kappa shape index (κ2) is 5.24. The molecule has 0 spiro atoms. The Kier molecular flexibility index (Phi) is 3.69. The van der Waals surface area contributed by atoms with Gasteiger partial charge in [0, 0.05) is 14.2 Å². The van der Waals surface area contributed by atoms with Crippen LogP contribution in [0, 0.1) is 0 Å². The first-order valence-corrected chi connectivity index (χ1v) is 5.35. The van der Waals surface area contributed by atoms with Crippen LogP contribution in [-0.2, 0) is 14.3 Å². The van der Waals surface area contributed by atoms with Crippen LogP contribution in [0.1, 0.15) is 11.5 Å². The van der Waals surface area contributed by atoms with Crippen molar-refractivity contribution >= 4 is 5.97 Å². The lowest BCUT2D eigenvalue weighted by molar-refractivity contribution is -0.160. The standard InChI is InChI=1S/C12H14O6/c1-15-12(16-2)10(11(13)14)7-3-4-8-9(5-7)18-6-17-8/h3-5,10,12H,6H2,1-2H3,(H,13,14). The summed E-state index contributed by atoms with van der Waals surface area (Å²) >= 11 is 0. The lowest BCUT2D eigenvalue weighted by Crippen LogP contribution is -2.29. The zero-order valence-electron chi connectivity index (χ0n) is 10.1. The number of carbonyl (C=O) groups is 1. The van der Waals surface area contributed by atoms with E-state index in [9.17, 15) is 9.90 Å². The molecule has 0 bridgehead atoms. The van der Waals surface area contributed by atoms with Crippen LogP contribution in [0.2, 0.25) is 0 Å². The Morgan fingerprint density at radius 2 is 1.94 bits per heavy atom. The van der Waals surface area contributed by atoms with Gasteiger partial charge >= 0.3 is 5.97 Å². The average molecular weight is 254 g/mol. The quantitative estimate of drug-likeness (QED) is 0.796. The van der Waals surface area contributed by atoms with Crippen LogP contribution >= 0.6 is 0 Å². The van der Waals surface area contributed by atoms with Crippen molar-refractivity contribution in [2.45, 2.75) is 12.2 Å². The summed E-state index contributed by atoms with van der Waals surface area (Å²) in [7, 11) is 2.80. The van der Waals surface area contributed by atoms with E-state index in [0.717, 1.165) is 0 Å². The van der Waals surface area contributed by atoms with E-state index in [-0.39, 0.29) is 6.79 Å². The number of rotatable bonds is 5. The van der Waals surface area contributed by atoms with Gasteiger partial charge in [0.2, 0.25) is 6.79 Å². The Bertz CT molecular complexity index is 440. The third-order valence-electron chi connectivity index (χ3n) is 2.76. The van der Waals surface area contributed by atoms with Crippen LogP contribution in [-0.4, -0.2) is 38.4 Å². The van der Waals surface area contributed by atoms with Gasteiger partial charge in [0.15, 0.2) is 17.8 Å². The summed E-state index contributed by atoms with van der Waals surface area (Å²) in [5.74, 6) is -0.809. The molecule has 1 aliphatic rings. The molecule has 1 unspecified atom stereocenters. The van der Waals surface area contributed by atoms with Gasteiger partial charge in [-0.05, 0) is 17.7 Å². The average Bonchev–Trinajstić information content (AvgIpc) is 2.82. The number of aliphatic carboxylic acids is 1. The maximum absolute atomic E-state index is 11.3. The van der Waals surface area contributed by atoms with Crippen molar-refractivity contribution in [2.75, 3.05) is 21.0 Å². The van der Waals surface area contributed by atoms with Gasteiger partial charge in [0.25, 0.3) is 0 Å². The molecule has 0 saturated heterocycles. The number of ether oxygens (including phenoxy) is 4. The van der Waals surface area contributed by atoms with Crippen LogP contribution in [0.4, 0.5) is 0 Å². The summed E-state index contributed by atoms with van der Waals surface area (Å²) in [6, 6.07) is 4.97. The van der Waals surface area contributed by atoms with E-state index in [4.69, 9.17) is 18.9 Å². The minimum Gasteiger partial charge on any atom is -0.481 e. The first kappa shape index (κ1) is 12.7. The zero-order chi connectivity index (χ0) is 13.1. The van der Waals surface area contributed by atoms with Gasteiger partial charge in [-0.2, -0.15) is 0 Å². The van der Waals surface area contributed by atoms with Crippen LogP contribution in [0.5, 0.6) is 11.5 Å². The number of hydrogen-bond acceptors (Lipinski definition) is 5. The number of fused-ring (bicyclic) bond motifs is 1. The molecule has 2 rings (SSSR count). The molecule has 18 heavy (non-hydrogen) atoms. The summed E-state index contributed by atoms with van der Waals surface area (Å²) in [5, 5.41) is 9.28. The number of carboxylic acid groups (broad SMARTS) is 1. The molecule has 6 nitrogen and oxygen atoms in total. The normalized spacial score (nSPS) is 14.8. The van der Waals surface area contributed by atoms with Crippen molar-refractivity contribution < 1.29 is 28.8 Å². The first-order chi connectivity index (χ1) is 8.67. The lowest BCUT2D eigenvalue weighted by atomic mass is 9.98. The van der Waals surface area contributed by atoms with Gasteiger partial charge in [0.05, 0.1) is 0 Å². The molecule has 0 radical (unpaired) electrons. The minimum absolute atomic E-state index is 0.147. The lowest BCUT2D eigenvalue weighted by Gasteiger charge is -2.21. The summed E-state index contributed by atoms with van der Waals surface area (Å²) in [4.78, 5) is 11.3. The van der Waals surface area contributed by atoms with Crippen molar-refractivity contribution in [3.63, 3.8) is 0 Å². The van der Waals surface area contributed by atoms with Gasteiger partial charge in [-0.25, -0.2) is 0 Å². The summed E-state index contributed by atoms with van der Waals surface area (Å²) in [6.07, 6.45) is -0.858. The molecule has 1 aromatic rings. The number of benzene rings is 1. The smallest absolute Gasteiger partial charge is 0.316 e. The first-order valence-electron chi connectivity index (χ1n) is 5.35. The molecule has 0 aromatic heterocycles. The maximum Gasteiger partial charge on any atom is 0.316 e. The van der Waals surface area contributed by atoms with Gasteiger partial charge in [-0.1, -0.05) is 6.07 Å². The predicted molar refractivity (Wildman–Crippen MR) is 60.7 cm³/mol. The molecule has 1 heterocycles. The van der Waals surface area contributed by atoms with Gasteiger partial charge < -0.3 is 24.1 Å². The van der Waals surface area contributed by atoms with E-state index in [2.05, 4.69) is 0 Å². The molecule has 1 aliphatic heterocycles. The summed E-state index contributed by atoms with van der Waals surface area (Å²) in [6.45, 7) is 0.147. The number of hydrogen-bond donors (Lipinski definition) is 1. The van der Waals surface area contributed by atoms with Crippen LogP contribution in [0.15, 0.2) is 18.2 Å². The van der Waals surface area contributed by atoms with Crippen molar-refractivity contribution in [2.24, 2.45) is 0 Å². The summed E-state index contributed by atoms with van der Waals surface area (Å²) < 4.78 is 20.4. The van der Waals surface area contributed by atoms with Crippen molar-refractivity contribution in [3.8, 4) is 11.5 Å². The predicted octanol–water partition coefficient (Wildman–Crippen LogP) is 1.20. The largest absolute Gasteiger partial charge is 0.481 e. The fraction of sp³-hybridized carbons (Fsp3) is 0.417. The van der Waals surface area contributed by atoms with E-state index in [1.54, 1.807) is 18.2 Å². The van der Waals surface area contributed by atoms with Crippen molar-refractivity contribution in [1.82, 2.24) is 0 Å². The Labute approximate surface area is 104 Å². The highest BCUT2D eigenvalue weighted by Crippen LogP contribution is 2.35. The molecule has 98 valence electrons. The molecule has 1 atom stereocenters. The molecule has 1 aromatic carbocycles. The topological polar surface area (TPSA) is 74.2 Å². The van der Waals surface area contributed by atoms with Gasteiger partial charge in [0.1, 0.15) is 5.92 Å². The fourth-order valence-corrected chi connectivity index (χ4v) is 1.89. The molecule has 0 aliphatic carbocycles. The molecule has 0 fully saturated rings. The SMILES string of the molecule is COC(OC)C(C(=O)O)c1ccc2c(c1)OCO2. The van der Waals surface area contributed by atoms with Gasteiger partial charge in [-0.15, -0.1) is 0 Å². The summed E-state index contributed by atoms with van der Waals surface area (Å²) in [5.41, 5.74) is 0.542. The van der Waals surface area contributed by atoms with E-state index in [1.165, 1.54) is 14.2 Å². The molecule has 0 amide bonds. The number of carboxylic acids is 1. The second-order valence-corrected chi connectivity index (χ2v) is 3.77. The Hall–Kier alpha value is -1.79. The third-order valence-corrected chi connectivity index (χ3v) is 2.76. The van der Waals surface area contributed by atoms with Crippen LogP contribution < -0.4 is 9.47 Å². The Morgan fingerprint density at radius 1 is 1.28 bits per heavy atom. The van der Waals surface area contributed by atoms with Crippen molar-refractivity contribution in [1.29, 1.82) is 0 Å². The van der Waals surface area contributed by atoms with E-state index in [0.29, 0.717) is 17.1 Å². The highest BCUT2D eigenvalue weighted by Gasteiger charge is 2.31. The molecule has 1 N–H and O–H groups in total. The zero-order valence-corrected chi connectivity index (χ0v) is 10.1. The van der Waals surface area contributed by atoms with Crippen LogP contribution in [0.25, 0.3) is 0 Å². The molecular weight excluding hydrogens is 240 g/mol. The number of methoxy groups -OCH3 is 2. The Balaban J connectivity index is 2.34. The van der Waals surface area contributed by atoms with Gasteiger partial charge in [-0.3, -0.25) is 4.79 Å². The van der Waals surface area contributed by atoms with E-state index >= 15 is 0 Å². The molecular formula is C12H14O6. The molecule has 6 heteroatoms. The fourth-order valence-electron chi connectivity index (χ4n) is 1.89. The minimum atomic E-state index is -1.03. The van der Waals surface area contributed by atoms with E-state index < -0.39 is 18.2 Å². The highest BCUT2D eigenvalue weighted by molar-refractivity contribution is 5.77. The third kappa shape index (κ3) is 2.25. The highest BCUT2D eigenvalue weighted by atomic mass is 16.7. The second-order valence-electron chi connectivity index (χ2n) is 3.77. The monoisotopic (exact) mass is 254 g/mol. The maximum atomic E-state index is 11.3. The molecule has 0 saturated carbocycles. The van der Waals surface area contributed by atoms with Crippen LogP contribution in [0.3, 0.4) is 0 Å².